The number of benzene rings is 1. The Bertz CT molecular complexity index is 527. The molecule has 0 saturated carbocycles. The third-order valence-corrected chi connectivity index (χ3v) is 4.90. The summed E-state index contributed by atoms with van der Waals surface area (Å²) < 4.78 is 14.2. The summed E-state index contributed by atoms with van der Waals surface area (Å²) in [4.78, 5) is 14.8. The van der Waals surface area contributed by atoms with E-state index in [1.807, 2.05) is 19.9 Å². The van der Waals surface area contributed by atoms with Gasteiger partial charge in [-0.3, -0.25) is 4.79 Å². The van der Waals surface area contributed by atoms with Gasteiger partial charge in [0.15, 0.2) is 0 Å². The Morgan fingerprint density at radius 3 is 2.59 bits per heavy atom. The monoisotopic (exact) mass is 371 g/mol. The molecule has 2 rings (SSSR count). The lowest BCUT2D eigenvalue weighted by Gasteiger charge is -2.32. The van der Waals surface area contributed by atoms with Crippen molar-refractivity contribution < 1.29 is 14.3 Å². The van der Waals surface area contributed by atoms with E-state index in [4.69, 9.17) is 0 Å². The molecule has 22 heavy (non-hydrogen) atoms. The number of carbonyl (C=O) groups is 1. The molecule has 0 bridgehead atoms. The minimum atomic E-state index is -0.340. The average Bonchev–Trinajstić information content (AvgIpc) is 2.49. The van der Waals surface area contributed by atoms with Crippen molar-refractivity contribution in [2.75, 3.05) is 19.6 Å². The molecule has 1 aliphatic rings. The first-order chi connectivity index (χ1) is 10.4. The van der Waals surface area contributed by atoms with Crippen molar-refractivity contribution in [3.8, 4) is 0 Å². The number of aliphatic hydroxyl groups excluding tert-OH is 1. The summed E-state index contributed by atoms with van der Waals surface area (Å²) >= 11 is 3.15. The number of aliphatic hydroxyl groups is 1. The van der Waals surface area contributed by atoms with Gasteiger partial charge in [0.1, 0.15) is 11.6 Å². The van der Waals surface area contributed by atoms with Crippen molar-refractivity contribution in [3.05, 3.63) is 34.1 Å². The molecule has 0 radical (unpaired) electrons. The van der Waals surface area contributed by atoms with E-state index < -0.39 is 0 Å². The average molecular weight is 372 g/mol. The number of hydrogen-bond acceptors (Lipinski definition) is 3. The first-order valence-electron chi connectivity index (χ1n) is 7.77. The highest BCUT2D eigenvalue weighted by Gasteiger charge is 2.28. The summed E-state index contributed by atoms with van der Waals surface area (Å²) in [6.07, 6.45) is 1.23. The van der Waals surface area contributed by atoms with E-state index >= 15 is 0 Å². The normalized spacial score (nSPS) is 18.6. The van der Waals surface area contributed by atoms with Crippen molar-refractivity contribution in [2.24, 2.45) is 5.92 Å². The molecule has 1 fully saturated rings. The Kier molecular flexibility index (Phi) is 6.12. The van der Waals surface area contributed by atoms with Gasteiger partial charge in [0.25, 0.3) is 0 Å². The highest BCUT2D eigenvalue weighted by atomic mass is 79.9. The van der Waals surface area contributed by atoms with Crippen molar-refractivity contribution in [2.45, 2.75) is 38.7 Å². The second-order valence-electron chi connectivity index (χ2n) is 6.31. The second-order valence-corrected chi connectivity index (χ2v) is 7.17. The Balaban J connectivity index is 2.19. The quantitative estimate of drug-likeness (QED) is 0.862. The van der Waals surface area contributed by atoms with E-state index in [0.29, 0.717) is 11.0 Å². The fourth-order valence-corrected chi connectivity index (χ4v) is 3.10. The molecular formula is C17H23BrFNO2. The second kappa shape index (κ2) is 7.66. The topological polar surface area (TPSA) is 40.5 Å². The molecule has 1 N–H and O–H groups in total. The van der Waals surface area contributed by atoms with E-state index in [9.17, 15) is 14.3 Å². The highest BCUT2D eigenvalue weighted by molar-refractivity contribution is 9.10. The van der Waals surface area contributed by atoms with Gasteiger partial charge in [0.2, 0.25) is 0 Å². The number of likely N-dealkylation sites (tertiary alicyclic amines) is 1. The number of halogens is 2. The maximum Gasteiger partial charge on any atom is 0.144 e. The van der Waals surface area contributed by atoms with Gasteiger partial charge < -0.3 is 10.0 Å². The van der Waals surface area contributed by atoms with Gasteiger partial charge >= 0.3 is 0 Å². The van der Waals surface area contributed by atoms with Gasteiger partial charge in [-0.2, -0.15) is 0 Å². The first kappa shape index (κ1) is 17.6. The largest absolute Gasteiger partial charge is 0.393 e. The summed E-state index contributed by atoms with van der Waals surface area (Å²) in [6, 6.07) is 4.93. The maximum atomic E-state index is 13.8. The van der Waals surface area contributed by atoms with Crippen LogP contribution in [0.4, 0.5) is 4.39 Å². The van der Waals surface area contributed by atoms with Gasteiger partial charge in [0.05, 0.1) is 16.5 Å². The number of nitrogens with zero attached hydrogens (tertiary/aromatic N) is 1. The molecule has 1 aromatic carbocycles. The molecule has 0 amide bonds. The van der Waals surface area contributed by atoms with Gasteiger partial charge in [-0.25, -0.2) is 4.39 Å². The van der Waals surface area contributed by atoms with Crippen LogP contribution in [0.2, 0.25) is 0 Å². The van der Waals surface area contributed by atoms with Crippen LogP contribution in [0, 0.1) is 11.7 Å². The molecule has 1 aliphatic heterocycles. The lowest BCUT2D eigenvalue weighted by Crippen LogP contribution is -2.40. The summed E-state index contributed by atoms with van der Waals surface area (Å²) in [6.45, 7) is 5.91. The van der Waals surface area contributed by atoms with Crippen LogP contribution < -0.4 is 0 Å². The van der Waals surface area contributed by atoms with Crippen molar-refractivity contribution in [1.82, 2.24) is 4.90 Å². The van der Waals surface area contributed by atoms with Gasteiger partial charge in [-0.15, -0.1) is 0 Å². The Labute approximate surface area is 139 Å². The van der Waals surface area contributed by atoms with Gasteiger partial charge in [0, 0.05) is 25.6 Å². The van der Waals surface area contributed by atoms with Crippen LogP contribution in [0.1, 0.15) is 38.2 Å². The number of Topliss-reactive ketones (excluding diaryl/α,β-unsaturated/α-hetero) is 1. The zero-order valence-corrected chi connectivity index (χ0v) is 14.6. The molecule has 1 aromatic rings. The van der Waals surface area contributed by atoms with Crippen LogP contribution in [0.15, 0.2) is 22.7 Å². The number of carbonyl (C=O) groups excluding carboxylic acids is 1. The zero-order valence-electron chi connectivity index (χ0n) is 13.1. The summed E-state index contributed by atoms with van der Waals surface area (Å²) in [5, 5.41) is 9.59. The molecule has 1 heterocycles. The minimum absolute atomic E-state index is 0.0907. The number of rotatable bonds is 5. The zero-order chi connectivity index (χ0) is 16.3. The number of piperidine rings is 1. The summed E-state index contributed by atoms with van der Waals surface area (Å²) in [5.41, 5.74) is 0.727. The van der Waals surface area contributed by atoms with Crippen LogP contribution in [0.25, 0.3) is 0 Å². The molecule has 0 aromatic heterocycles. The molecule has 1 atom stereocenters. The lowest BCUT2D eigenvalue weighted by molar-refractivity contribution is -0.124. The van der Waals surface area contributed by atoms with Crippen LogP contribution in [0.3, 0.4) is 0 Å². The standard InChI is InChI=1S/C17H23BrFNO2/c1-11(2)17(22)14(10-20-7-5-13(21)6-8-20)12-3-4-15(18)16(19)9-12/h3-4,9,11,13-14,21H,5-8,10H2,1-2H3/t14-/m0/s1. The van der Waals surface area contributed by atoms with Gasteiger partial charge in [-0.1, -0.05) is 19.9 Å². The first-order valence-corrected chi connectivity index (χ1v) is 8.57. The Morgan fingerprint density at radius 1 is 1.41 bits per heavy atom. The fourth-order valence-electron chi connectivity index (χ4n) is 2.85. The summed E-state index contributed by atoms with van der Waals surface area (Å²) in [5.74, 6) is -0.620. The van der Waals surface area contributed by atoms with Crippen molar-refractivity contribution in [3.63, 3.8) is 0 Å². The van der Waals surface area contributed by atoms with Crippen molar-refractivity contribution in [1.29, 1.82) is 0 Å². The Hall–Kier alpha value is -0.780. The molecule has 0 unspecified atom stereocenters. The molecule has 0 aliphatic carbocycles. The van der Waals surface area contributed by atoms with E-state index in [-0.39, 0.29) is 29.5 Å². The lowest BCUT2D eigenvalue weighted by atomic mass is 9.88. The predicted octanol–water partition coefficient (Wildman–Crippen LogP) is 3.35. The molecular weight excluding hydrogens is 349 g/mol. The molecule has 122 valence electrons. The van der Waals surface area contributed by atoms with Crippen LogP contribution in [-0.2, 0) is 4.79 Å². The third-order valence-electron chi connectivity index (χ3n) is 4.26. The van der Waals surface area contributed by atoms with E-state index in [0.717, 1.165) is 31.5 Å². The van der Waals surface area contributed by atoms with E-state index in [1.54, 1.807) is 6.07 Å². The fraction of sp³-hybridized carbons (Fsp3) is 0.588. The molecule has 5 heteroatoms. The molecule has 3 nitrogen and oxygen atoms in total. The molecule has 0 spiro atoms. The maximum absolute atomic E-state index is 13.8. The van der Waals surface area contributed by atoms with Crippen LogP contribution in [0.5, 0.6) is 0 Å². The highest BCUT2D eigenvalue weighted by Crippen LogP contribution is 2.27. The predicted molar refractivity (Wildman–Crippen MR) is 88.4 cm³/mol. The number of ketones is 1. The van der Waals surface area contributed by atoms with Crippen LogP contribution in [-0.4, -0.2) is 41.5 Å². The summed E-state index contributed by atoms with van der Waals surface area (Å²) in [7, 11) is 0. The SMILES string of the molecule is CC(C)C(=O)[C@@H](CN1CCC(O)CC1)c1ccc(Br)c(F)c1. The van der Waals surface area contributed by atoms with E-state index in [2.05, 4.69) is 20.8 Å². The Morgan fingerprint density at radius 2 is 2.05 bits per heavy atom. The van der Waals surface area contributed by atoms with E-state index in [1.165, 1.54) is 6.07 Å². The van der Waals surface area contributed by atoms with Crippen molar-refractivity contribution >= 4 is 21.7 Å². The smallest absolute Gasteiger partial charge is 0.144 e. The van der Waals surface area contributed by atoms with Gasteiger partial charge in [-0.05, 0) is 46.5 Å². The minimum Gasteiger partial charge on any atom is -0.393 e. The molecule has 1 saturated heterocycles. The third kappa shape index (κ3) is 4.37. The number of hydrogen-bond donors (Lipinski definition) is 1. The van der Waals surface area contributed by atoms with Crippen LogP contribution >= 0.6 is 15.9 Å².